The van der Waals surface area contributed by atoms with Crippen molar-refractivity contribution in [2.45, 2.75) is 47.0 Å². The van der Waals surface area contributed by atoms with Crippen molar-refractivity contribution < 1.29 is 0 Å². The first-order valence-corrected chi connectivity index (χ1v) is 14.5. The predicted octanol–water partition coefficient (Wildman–Crippen LogP) is 8.42. The van der Waals surface area contributed by atoms with E-state index in [4.69, 9.17) is 0 Å². The van der Waals surface area contributed by atoms with Gasteiger partial charge in [0.1, 0.15) is 0 Å². The van der Waals surface area contributed by atoms with Crippen molar-refractivity contribution in [3.63, 3.8) is 0 Å². The van der Waals surface area contributed by atoms with Crippen LogP contribution in [0.25, 0.3) is 44.1 Å². The van der Waals surface area contributed by atoms with Crippen molar-refractivity contribution in [2.75, 3.05) is 4.90 Å². The molecule has 192 valence electrons. The van der Waals surface area contributed by atoms with Crippen molar-refractivity contribution in [3.8, 4) is 22.3 Å². The van der Waals surface area contributed by atoms with E-state index in [-0.39, 0.29) is 12.3 Å². The van der Waals surface area contributed by atoms with Crippen LogP contribution in [0.3, 0.4) is 0 Å². The number of hydrogen-bond acceptors (Lipinski definition) is 1. The fraction of sp³-hybridized carbons (Fsp3) is 0.189. The standard InChI is InChI=1S/C37H31BN2/c1-20-16-21(2)34(22(3)17-20)39-30-14-8-10-24-26-12-7-13-27-29-19-23(37(4,5)6)18-28-25-11-9-15-31(39)33(25)38(32(24)30)40(35(26)27)36(28)29/h7-19H,1-6H3. The fourth-order valence-corrected chi connectivity index (χ4v) is 8.18. The molecular formula is C37H31BN2. The van der Waals surface area contributed by atoms with E-state index in [1.165, 1.54) is 94.3 Å². The second kappa shape index (κ2) is 7.09. The van der Waals surface area contributed by atoms with Crippen LogP contribution in [-0.2, 0) is 5.41 Å². The van der Waals surface area contributed by atoms with Gasteiger partial charge in [0.05, 0.1) is 5.69 Å². The number of hydrogen-bond donors (Lipinski definition) is 0. The minimum absolute atomic E-state index is 0.0564. The molecule has 0 saturated heterocycles. The summed E-state index contributed by atoms with van der Waals surface area (Å²) in [5, 5.41) is 2.76. The molecule has 0 saturated carbocycles. The third kappa shape index (κ3) is 2.53. The maximum atomic E-state index is 2.70. The Balaban J connectivity index is 1.53. The molecule has 0 atom stereocenters. The van der Waals surface area contributed by atoms with Gasteiger partial charge in [-0.05, 0) is 89.2 Å². The average Bonchev–Trinajstić information content (AvgIpc) is 3.26. The number of aryl methyl sites for hydroxylation is 3. The SMILES string of the molecule is Cc1cc(C)c(N2c3cccc4c3B3c5c(cccc52)-c2cc(C(C)(C)C)cc5c6cccc-4c6n3c25)c(C)c1. The summed E-state index contributed by atoms with van der Waals surface area (Å²) < 4.78 is 2.70. The van der Waals surface area contributed by atoms with E-state index in [0.717, 1.165) is 0 Å². The molecule has 0 aliphatic carbocycles. The summed E-state index contributed by atoms with van der Waals surface area (Å²) in [5.41, 5.74) is 20.4. The van der Waals surface area contributed by atoms with Crippen LogP contribution in [0.2, 0.25) is 0 Å². The summed E-state index contributed by atoms with van der Waals surface area (Å²) >= 11 is 0. The van der Waals surface area contributed by atoms with Gasteiger partial charge in [-0.15, -0.1) is 0 Å². The number of anilines is 3. The second-order valence-electron chi connectivity index (χ2n) is 13.2. The van der Waals surface area contributed by atoms with Crippen molar-refractivity contribution in [3.05, 3.63) is 101 Å². The Morgan fingerprint density at radius 3 is 1.82 bits per heavy atom. The van der Waals surface area contributed by atoms with E-state index < -0.39 is 0 Å². The molecule has 5 aromatic carbocycles. The zero-order valence-electron chi connectivity index (χ0n) is 24.0. The molecule has 0 N–H and O–H groups in total. The first kappa shape index (κ1) is 22.6. The third-order valence-electron chi connectivity index (χ3n) is 9.68. The average molecular weight is 514 g/mol. The number of fused-ring (bicyclic) bond motifs is 3. The Morgan fingerprint density at radius 2 is 1.18 bits per heavy atom. The maximum absolute atomic E-state index is 2.70. The third-order valence-corrected chi connectivity index (χ3v) is 9.68. The quantitative estimate of drug-likeness (QED) is 0.200. The van der Waals surface area contributed by atoms with E-state index in [0.29, 0.717) is 0 Å². The van der Waals surface area contributed by atoms with E-state index in [1.54, 1.807) is 0 Å². The highest BCUT2D eigenvalue weighted by atomic mass is 15.2. The van der Waals surface area contributed by atoms with Gasteiger partial charge in [0.25, 0.3) is 0 Å². The van der Waals surface area contributed by atoms with E-state index in [1.807, 2.05) is 0 Å². The Kier molecular flexibility index (Phi) is 4.00. The Bertz CT molecular complexity index is 2120. The van der Waals surface area contributed by atoms with Crippen molar-refractivity contribution in [2.24, 2.45) is 0 Å². The van der Waals surface area contributed by atoms with Gasteiger partial charge >= 0.3 is 6.85 Å². The van der Waals surface area contributed by atoms with E-state index in [9.17, 15) is 0 Å². The summed E-state index contributed by atoms with van der Waals surface area (Å²) in [7, 11) is 0. The molecule has 3 aliphatic heterocycles. The van der Waals surface area contributed by atoms with Crippen LogP contribution in [0.15, 0.2) is 78.9 Å². The van der Waals surface area contributed by atoms with Crippen molar-refractivity contribution >= 4 is 56.6 Å². The molecule has 6 aromatic rings. The monoisotopic (exact) mass is 514 g/mol. The van der Waals surface area contributed by atoms with Crippen LogP contribution in [0.5, 0.6) is 0 Å². The van der Waals surface area contributed by atoms with Crippen molar-refractivity contribution in [1.82, 2.24) is 4.48 Å². The second-order valence-corrected chi connectivity index (χ2v) is 13.2. The zero-order chi connectivity index (χ0) is 27.2. The van der Waals surface area contributed by atoms with Crippen LogP contribution in [0.1, 0.15) is 43.0 Å². The van der Waals surface area contributed by atoms with Crippen LogP contribution in [-0.4, -0.2) is 11.3 Å². The maximum Gasteiger partial charge on any atom is 0.333 e. The number of nitrogens with zero attached hydrogens (tertiary/aromatic N) is 2. The van der Waals surface area contributed by atoms with E-state index >= 15 is 0 Å². The lowest BCUT2D eigenvalue weighted by molar-refractivity contribution is 0.591. The summed E-state index contributed by atoms with van der Waals surface area (Å²) in [6.45, 7) is 13.9. The number of benzene rings is 5. The summed E-state index contributed by atoms with van der Waals surface area (Å²) in [4.78, 5) is 2.57. The smallest absolute Gasteiger partial charge is 0.333 e. The summed E-state index contributed by atoms with van der Waals surface area (Å²) in [6, 6.07) is 30.5. The Labute approximate surface area is 236 Å². The fourth-order valence-electron chi connectivity index (χ4n) is 8.18. The lowest BCUT2D eigenvalue weighted by Gasteiger charge is -2.43. The molecule has 0 spiro atoms. The van der Waals surface area contributed by atoms with Gasteiger partial charge < -0.3 is 9.38 Å². The zero-order valence-corrected chi connectivity index (χ0v) is 24.0. The molecule has 40 heavy (non-hydrogen) atoms. The van der Waals surface area contributed by atoms with Crippen LogP contribution < -0.4 is 15.8 Å². The topological polar surface area (TPSA) is 8.17 Å². The molecule has 3 heteroatoms. The first-order chi connectivity index (χ1) is 19.2. The molecule has 0 fully saturated rings. The molecular weight excluding hydrogens is 483 g/mol. The van der Waals surface area contributed by atoms with E-state index in [2.05, 4.69) is 130 Å². The van der Waals surface area contributed by atoms with Gasteiger partial charge in [-0.25, -0.2) is 0 Å². The molecule has 4 heterocycles. The molecule has 3 aliphatic rings. The molecule has 2 nitrogen and oxygen atoms in total. The molecule has 0 amide bonds. The van der Waals surface area contributed by atoms with Crippen LogP contribution >= 0.6 is 0 Å². The number of rotatable bonds is 1. The normalized spacial score (nSPS) is 14.2. The predicted molar refractivity (Wildman–Crippen MR) is 172 cm³/mol. The van der Waals surface area contributed by atoms with Gasteiger partial charge in [-0.2, -0.15) is 0 Å². The number of aromatic nitrogens is 1. The minimum atomic E-state index is 0.0564. The minimum Gasteiger partial charge on any atom is -0.375 e. The van der Waals surface area contributed by atoms with Gasteiger partial charge in [0.2, 0.25) is 0 Å². The Hall–Kier alpha value is -4.24. The van der Waals surface area contributed by atoms with Gasteiger partial charge in [-0.1, -0.05) is 80.9 Å². The van der Waals surface area contributed by atoms with Crippen LogP contribution in [0.4, 0.5) is 17.1 Å². The molecule has 0 bridgehead atoms. The molecule has 9 rings (SSSR count). The number of para-hydroxylation sites is 1. The van der Waals surface area contributed by atoms with Gasteiger partial charge in [-0.3, -0.25) is 0 Å². The summed E-state index contributed by atoms with van der Waals surface area (Å²) in [6.07, 6.45) is 0. The summed E-state index contributed by atoms with van der Waals surface area (Å²) in [5.74, 6) is 0. The first-order valence-electron chi connectivity index (χ1n) is 14.5. The molecule has 0 unspecified atom stereocenters. The highest BCUT2D eigenvalue weighted by Crippen LogP contribution is 2.51. The lowest BCUT2D eigenvalue weighted by Crippen LogP contribution is -2.58. The van der Waals surface area contributed by atoms with Gasteiger partial charge in [0, 0.05) is 44.3 Å². The molecule has 1 aromatic heterocycles. The molecule has 0 radical (unpaired) electrons. The highest BCUT2D eigenvalue weighted by molar-refractivity contribution is 6.91. The Morgan fingerprint density at radius 1 is 0.600 bits per heavy atom. The van der Waals surface area contributed by atoms with Gasteiger partial charge in [0.15, 0.2) is 0 Å². The van der Waals surface area contributed by atoms with Crippen LogP contribution in [0, 0.1) is 20.8 Å². The highest BCUT2D eigenvalue weighted by Gasteiger charge is 2.46. The lowest BCUT2D eigenvalue weighted by atomic mass is 9.43. The largest absolute Gasteiger partial charge is 0.375 e. The van der Waals surface area contributed by atoms with Crippen molar-refractivity contribution in [1.29, 1.82) is 0 Å².